The summed E-state index contributed by atoms with van der Waals surface area (Å²) < 4.78 is 5.46. The maximum atomic E-state index is 5.54. The molecule has 0 spiro atoms. The predicted molar refractivity (Wildman–Crippen MR) is 46.4 cm³/mol. The Labute approximate surface area is 68.4 Å². The van der Waals surface area contributed by atoms with Crippen LogP contribution in [-0.4, -0.2) is 19.3 Å². The molecule has 0 aromatic rings. The molecule has 0 amide bonds. The average Bonchev–Trinajstić information content (AvgIpc) is 2.52. The van der Waals surface area contributed by atoms with E-state index in [-0.39, 0.29) is 0 Å². The van der Waals surface area contributed by atoms with Gasteiger partial charge in [0.1, 0.15) is 0 Å². The van der Waals surface area contributed by atoms with Crippen molar-refractivity contribution in [2.45, 2.75) is 32.3 Å². The first-order chi connectivity index (χ1) is 5.36. The molecule has 2 heteroatoms. The van der Waals surface area contributed by atoms with E-state index in [0.29, 0.717) is 12.6 Å². The molecule has 1 atom stereocenters. The Balaban J connectivity index is 2.40. The van der Waals surface area contributed by atoms with Gasteiger partial charge in [0.05, 0.1) is 6.10 Å². The Kier molecular flexibility index (Phi) is 3.60. The first-order valence-corrected chi connectivity index (χ1v) is 4.38. The highest BCUT2D eigenvalue weighted by Crippen LogP contribution is 2.15. The minimum Gasteiger partial charge on any atom is -0.374 e. The lowest BCUT2D eigenvalue weighted by Crippen LogP contribution is -2.07. The van der Waals surface area contributed by atoms with Crippen LogP contribution in [0.15, 0.2) is 11.6 Å². The standard InChI is InChI=1S/C9H17NO/c1-2-8(7-10)6-9-4-3-5-11-9/h6,9H,2-5,7,10H2,1H3/b8-6+. The molecule has 2 N–H and O–H groups in total. The van der Waals surface area contributed by atoms with Crippen LogP contribution >= 0.6 is 0 Å². The summed E-state index contributed by atoms with van der Waals surface area (Å²) >= 11 is 0. The molecular formula is C9H17NO. The minimum absolute atomic E-state index is 0.355. The van der Waals surface area contributed by atoms with Crippen LogP contribution in [0.5, 0.6) is 0 Å². The third-order valence-electron chi connectivity index (χ3n) is 2.10. The molecule has 1 fully saturated rings. The lowest BCUT2D eigenvalue weighted by molar-refractivity contribution is 0.145. The van der Waals surface area contributed by atoms with Crippen molar-refractivity contribution < 1.29 is 4.74 Å². The molecule has 0 aromatic carbocycles. The van der Waals surface area contributed by atoms with Gasteiger partial charge >= 0.3 is 0 Å². The molecule has 1 saturated heterocycles. The van der Waals surface area contributed by atoms with E-state index >= 15 is 0 Å². The minimum atomic E-state index is 0.355. The molecule has 0 aliphatic carbocycles. The quantitative estimate of drug-likeness (QED) is 0.626. The molecule has 11 heavy (non-hydrogen) atoms. The summed E-state index contributed by atoms with van der Waals surface area (Å²) in [5.74, 6) is 0. The van der Waals surface area contributed by atoms with Gasteiger partial charge in [0, 0.05) is 13.2 Å². The number of hydrogen-bond acceptors (Lipinski definition) is 2. The Hall–Kier alpha value is -0.340. The summed E-state index contributed by atoms with van der Waals surface area (Å²) in [5.41, 5.74) is 6.85. The van der Waals surface area contributed by atoms with E-state index in [1.54, 1.807) is 0 Å². The number of ether oxygens (including phenoxy) is 1. The van der Waals surface area contributed by atoms with Gasteiger partial charge in [0.25, 0.3) is 0 Å². The molecule has 1 unspecified atom stereocenters. The molecule has 0 aromatic heterocycles. The molecule has 0 saturated carbocycles. The van der Waals surface area contributed by atoms with Gasteiger partial charge in [-0.1, -0.05) is 18.6 Å². The molecule has 2 nitrogen and oxygen atoms in total. The van der Waals surface area contributed by atoms with Crippen molar-refractivity contribution in [2.75, 3.05) is 13.2 Å². The Morgan fingerprint density at radius 2 is 2.55 bits per heavy atom. The molecule has 0 radical (unpaired) electrons. The van der Waals surface area contributed by atoms with Crippen LogP contribution < -0.4 is 5.73 Å². The zero-order valence-electron chi connectivity index (χ0n) is 7.18. The highest BCUT2D eigenvalue weighted by molar-refractivity contribution is 5.06. The summed E-state index contributed by atoms with van der Waals surface area (Å²) in [6, 6.07) is 0. The van der Waals surface area contributed by atoms with Gasteiger partial charge in [0.15, 0.2) is 0 Å². The normalized spacial score (nSPS) is 26.0. The van der Waals surface area contributed by atoms with Crippen LogP contribution in [0.25, 0.3) is 0 Å². The summed E-state index contributed by atoms with van der Waals surface area (Å²) in [6.07, 6.45) is 5.96. The summed E-state index contributed by atoms with van der Waals surface area (Å²) in [6.45, 7) is 3.73. The van der Waals surface area contributed by atoms with E-state index in [4.69, 9.17) is 10.5 Å². The molecule has 1 rings (SSSR count). The van der Waals surface area contributed by atoms with Crippen molar-refractivity contribution in [2.24, 2.45) is 5.73 Å². The first kappa shape index (κ1) is 8.75. The van der Waals surface area contributed by atoms with Crippen molar-refractivity contribution >= 4 is 0 Å². The Bertz CT molecular complexity index is 130. The summed E-state index contributed by atoms with van der Waals surface area (Å²) in [5, 5.41) is 0. The maximum absolute atomic E-state index is 5.54. The summed E-state index contributed by atoms with van der Waals surface area (Å²) in [7, 11) is 0. The van der Waals surface area contributed by atoms with Crippen LogP contribution in [0.3, 0.4) is 0 Å². The van der Waals surface area contributed by atoms with Gasteiger partial charge in [-0.3, -0.25) is 0 Å². The van der Waals surface area contributed by atoms with Crippen molar-refractivity contribution in [3.05, 3.63) is 11.6 Å². The number of rotatable bonds is 3. The molecule has 0 bridgehead atoms. The fourth-order valence-electron chi connectivity index (χ4n) is 1.33. The van der Waals surface area contributed by atoms with E-state index in [1.807, 2.05) is 0 Å². The molecule has 1 heterocycles. The van der Waals surface area contributed by atoms with Gasteiger partial charge in [-0.15, -0.1) is 0 Å². The lowest BCUT2D eigenvalue weighted by Gasteiger charge is -2.05. The second-order valence-corrected chi connectivity index (χ2v) is 2.93. The molecule has 1 aliphatic rings. The molecule has 64 valence electrons. The van der Waals surface area contributed by atoms with E-state index in [2.05, 4.69) is 13.0 Å². The number of hydrogen-bond donors (Lipinski definition) is 1. The van der Waals surface area contributed by atoms with Crippen LogP contribution in [0.1, 0.15) is 26.2 Å². The van der Waals surface area contributed by atoms with Crippen molar-refractivity contribution in [3.63, 3.8) is 0 Å². The lowest BCUT2D eigenvalue weighted by atomic mass is 10.1. The first-order valence-electron chi connectivity index (χ1n) is 4.38. The van der Waals surface area contributed by atoms with Crippen LogP contribution in [0, 0.1) is 0 Å². The second-order valence-electron chi connectivity index (χ2n) is 2.93. The van der Waals surface area contributed by atoms with Gasteiger partial charge in [-0.05, 0) is 19.3 Å². The van der Waals surface area contributed by atoms with Crippen molar-refractivity contribution in [1.29, 1.82) is 0 Å². The monoisotopic (exact) mass is 155 g/mol. The predicted octanol–water partition coefficient (Wildman–Crippen LogP) is 1.46. The largest absolute Gasteiger partial charge is 0.374 e. The smallest absolute Gasteiger partial charge is 0.0759 e. The SMILES string of the molecule is CC/C(=C\C1CCCO1)CN. The third kappa shape index (κ3) is 2.64. The number of nitrogens with two attached hydrogens (primary N) is 1. The third-order valence-corrected chi connectivity index (χ3v) is 2.10. The van der Waals surface area contributed by atoms with Gasteiger partial charge in [-0.2, -0.15) is 0 Å². The highest BCUT2D eigenvalue weighted by atomic mass is 16.5. The fraction of sp³-hybridized carbons (Fsp3) is 0.778. The zero-order chi connectivity index (χ0) is 8.10. The van der Waals surface area contributed by atoms with Gasteiger partial charge in [0.2, 0.25) is 0 Å². The van der Waals surface area contributed by atoms with Crippen molar-refractivity contribution in [3.8, 4) is 0 Å². The Morgan fingerprint density at radius 3 is 3.00 bits per heavy atom. The van der Waals surface area contributed by atoms with E-state index < -0.39 is 0 Å². The summed E-state index contributed by atoms with van der Waals surface area (Å²) in [4.78, 5) is 0. The maximum Gasteiger partial charge on any atom is 0.0759 e. The second kappa shape index (κ2) is 4.52. The Morgan fingerprint density at radius 1 is 1.73 bits per heavy atom. The van der Waals surface area contributed by atoms with Crippen molar-refractivity contribution in [1.82, 2.24) is 0 Å². The van der Waals surface area contributed by atoms with Crippen LogP contribution in [0.2, 0.25) is 0 Å². The van der Waals surface area contributed by atoms with Crippen LogP contribution in [0.4, 0.5) is 0 Å². The van der Waals surface area contributed by atoms with E-state index in [0.717, 1.165) is 13.0 Å². The highest BCUT2D eigenvalue weighted by Gasteiger charge is 2.12. The topological polar surface area (TPSA) is 35.2 Å². The van der Waals surface area contributed by atoms with Crippen LogP contribution in [-0.2, 0) is 4.74 Å². The fourth-order valence-corrected chi connectivity index (χ4v) is 1.33. The van der Waals surface area contributed by atoms with Gasteiger partial charge < -0.3 is 10.5 Å². The zero-order valence-corrected chi connectivity index (χ0v) is 7.18. The van der Waals surface area contributed by atoms with E-state index in [9.17, 15) is 0 Å². The van der Waals surface area contributed by atoms with Gasteiger partial charge in [-0.25, -0.2) is 0 Å². The molecular weight excluding hydrogens is 138 g/mol. The molecule has 1 aliphatic heterocycles. The average molecular weight is 155 g/mol. The van der Waals surface area contributed by atoms with E-state index in [1.165, 1.54) is 18.4 Å².